The van der Waals surface area contributed by atoms with E-state index in [1.807, 2.05) is 0 Å². The number of hydrogen-bond donors (Lipinski definition) is 1. The van der Waals surface area contributed by atoms with Gasteiger partial charge in [0.05, 0.1) is 13.7 Å². The maximum atomic E-state index is 11.4. The van der Waals surface area contributed by atoms with Gasteiger partial charge in [-0.3, -0.25) is 9.53 Å². The van der Waals surface area contributed by atoms with E-state index >= 15 is 0 Å². The maximum absolute atomic E-state index is 11.4. The molecule has 78 valence electrons. The zero-order chi connectivity index (χ0) is 10.5. The van der Waals surface area contributed by atoms with Crippen molar-refractivity contribution in [3.8, 4) is 0 Å². The number of hydrogen-bond acceptors (Lipinski definition) is 4. The zero-order valence-electron chi connectivity index (χ0n) is 6.93. The van der Waals surface area contributed by atoms with E-state index in [0.29, 0.717) is 0 Å². The third-order valence-electron chi connectivity index (χ3n) is 1.20. The molecule has 0 aromatic rings. The average Bonchev–Trinajstić information content (AvgIpc) is 2.00. The van der Waals surface area contributed by atoms with Crippen molar-refractivity contribution in [1.29, 1.82) is 0 Å². The fourth-order valence-corrected chi connectivity index (χ4v) is 0.571. The molecule has 0 saturated carbocycles. The minimum Gasteiger partial charge on any atom is -0.468 e. The number of ether oxygens (including phenoxy) is 2. The summed E-state index contributed by atoms with van der Waals surface area (Å²) >= 11 is 0. The van der Waals surface area contributed by atoms with Crippen molar-refractivity contribution in [3.63, 3.8) is 0 Å². The Morgan fingerprint density at radius 3 is 2.46 bits per heavy atom. The van der Waals surface area contributed by atoms with Crippen LogP contribution in [0.3, 0.4) is 0 Å². The van der Waals surface area contributed by atoms with E-state index in [4.69, 9.17) is 5.73 Å². The monoisotopic (exact) mass is 201 g/mol. The minimum atomic E-state index is -4.68. The number of nitrogens with two attached hydrogens (primary N) is 1. The number of carbonyl (C=O) groups excluding carboxylic acids is 1. The van der Waals surface area contributed by atoms with Crippen molar-refractivity contribution in [3.05, 3.63) is 0 Å². The molecule has 2 N–H and O–H groups in total. The lowest BCUT2D eigenvalue weighted by Gasteiger charge is -2.10. The van der Waals surface area contributed by atoms with Crippen LogP contribution in [0, 0.1) is 0 Å². The first-order chi connectivity index (χ1) is 5.87. The van der Waals surface area contributed by atoms with Crippen LogP contribution < -0.4 is 5.73 Å². The number of alkyl halides is 3. The predicted molar refractivity (Wildman–Crippen MR) is 36.6 cm³/mol. The second-order valence-electron chi connectivity index (χ2n) is 2.21. The molecule has 0 heterocycles. The lowest BCUT2D eigenvalue weighted by atomic mass is 10.2. The predicted octanol–water partition coefficient (Wildman–Crippen LogP) is 0.413. The molecule has 7 heteroatoms. The normalized spacial score (nSPS) is 13.9. The Labute approximate surface area is 72.8 Å². The van der Waals surface area contributed by atoms with Crippen molar-refractivity contribution >= 4 is 5.97 Å². The van der Waals surface area contributed by atoms with Crippen LogP contribution in [0.2, 0.25) is 0 Å². The second-order valence-corrected chi connectivity index (χ2v) is 2.21. The Morgan fingerprint density at radius 1 is 1.54 bits per heavy atom. The topological polar surface area (TPSA) is 61.5 Å². The van der Waals surface area contributed by atoms with E-state index < -0.39 is 25.0 Å². The van der Waals surface area contributed by atoms with Gasteiger partial charge >= 0.3 is 12.3 Å². The summed E-state index contributed by atoms with van der Waals surface area (Å²) in [5, 5.41) is 0. The minimum absolute atomic E-state index is 0.230. The molecular weight excluding hydrogens is 191 g/mol. The summed E-state index contributed by atoms with van der Waals surface area (Å²) in [6.07, 6.45) is -4.91. The van der Waals surface area contributed by atoms with Gasteiger partial charge in [-0.05, 0) is 6.42 Å². The van der Waals surface area contributed by atoms with E-state index in [2.05, 4.69) is 9.47 Å². The third kappa shape index (κ3) is 6.35. The standard InChI is InChI=1S/C6H10F3NO3/c1-12-5(11)4(10)2-3-13-6(7,8)9/h4H,2-3,10H2,1H3/t4-/m0/s1. The van der Waals surface area contributed by atoms with Crippen molar-refractivity contribution in [2.24, 2.45) is 5.73 Å². The molecule has 0 aromatic heterocycles. The van der Waals surface area contributed by atoms with Gasteiger partial charge < -0.3 is 10.5 Å². The Kier molecular flexibility index (Phi) is 4.71. The summed E-state index contributed by atoms with van der Waals surface area (Å²) in [5.41, 5.74) is 5.14. The number of esters is 1. The molecule has 0 amide bonds. The Hall–Kier alpha value is -0.820. The quantitative estimate of drug-likeness (QED) is 0.669. The van der Waals surface area contributed by atoms with Gasteiger partial charge in [0.1, 0.15) is 6.04 Å². The van der Waals surface area contributed by atoms with E-state index in [9.17, 15) is 18.0 Å². The summed E-state index contributed by atoms with van der Waals surface area (Å²) in [6.45, 7) is -0.653. The molecule has 0 spiro atoms. The SMILES string of the molecule is COC(=O)[C@@H](N)CCOC(F)(F)F. The van der Waals surface area contributed by atoms with E-state index in [0.717, 1.165) is 7.11 Å². The molecule has 0 fully saturated rings. The van der Waals surface area contributed by atoms with Crippen LogP contribution in [0.5, 0.6) is 0 Å². The summed E-state index contributed by atoms with van der Waals surface area (Å²) in [6, 6.07) is -1.08. The van der Waals surface area contributed by atoms with Gasteiger partial charge in [0.2, 0.25) is 0 Å². The van der Waals surface area contributed by atoms with Crippen LogP contribution >= 0.6 is 0 Å². The highest BCUT2D eigenvalue weighted by molar-refractivity contribution is 5.75. The summed E-state index contributed by atoms with van der Waals surface area (Å²) in [4.78, 5) is 10.6. The highest BCUT2D eigenvalue weighted by Gasteiger charge is 2.29. The van der Waals surface area contributed by atoms with E-state index in [1.54, 1.807) is 0 Å². The van der Waals surface area contributed by atoms with Crippen molar-refractivity contribution in [2.75, 3.05) is 13.7 Å². The molecular formula is C6H10F3NO3. The molecule has 4 nitrogen and oxygen atoms in total. The number of halogens is 3. The van der Waals surface area contributed by atoms with Crippen molar-refractivity contribution < 1.29 is 27.4 Å². The largest absolute Gasteiger partial charge is 0.522 e. The van der Waals surface area contributed by atoms with E-state index in [1.165, 1.54) is 0 Å². The first-order valence-corrected chi connectivity index (χ1v) is 3.41. The van der Waals surface area contributed by atoms with Crippen LogP contribution in [0.1, 0.15) is 6.42 Å². The molecule has 1 atom stereocenters. The first kappa shape index (κ1) is 12.2. The fourth-order valence-electron chi connectivity index (χ4n) is 0.571. The Balaban J connectivity index is 3.59. The van der Waals surface area contributed by atoms with Gasteiger partial charge in [0.15, 0.2) is 0 Å². The Morgan fingerprint density at radius 2 is 2.08 bits per heavy atom. The molecule has 0 bridgehead atoms. The van der Waals surface area contributed by atoms with Gasteiger partial charge in [-0.1, -0.05) is 0 Å². The van der Waals surface area contributed by atoms with Crippen molar-refractivity contribution in [2.45, 2.75) is 18.8 Å². The van der Waals surface area contributed by atoms with Gasteiger partial charge in [0, 0.05) is 0 Å². The zero-order valence-corrected chi connectivity index (χ0v) is 6.93. The Bertz CT molecular complexity index is 171. The maximum Gasteiger partial charge on any atom is 0.522 e. The van der Waals surface area contributed by atoms with Crippen LogP contribution in [-0.4, -0.2) is 32.1 Å². The van der Waals surface area contributed by atoms with Gasteiger partial charge in [-0.25, -0.2) is 0 Å². The molecule has 0 unspecified atom stereocenters. The molecule has 0 aliphatic carbocycles. The van der Waals surface area contributed by atoms with Crippen LogP contribution in [0.4, 0.5) is 13.2 Å². The molecule has 0 aliphatic rings. The third-order valence-corrected chi connectivity index (χ3v) is 1.20. The fraction of sp³-hybridized carbons (Fsp3) is 0.833. The highest BCUT2D eigenvalue weighted by atomic mass is 19.4. The molecule has 0 saturated heterocycles. The molecule has 0 aliphatic heterocycles. The van der Waals surface area contributed by atoms with Crippen molar-refractivity contribution in [1.82, 2.24) is 0 Å². The smallest absolute Gasteiger partial charge is 0.468 e. The highest BCUT2D eigenvalue weighted by Crippen LogP contribution is 2.16. The van der Waals surface area contributed by atoms with Gasteiger partial charge in [-0.15, -0.1) is 13.2 Å². The molecule has 0 aromatic carbocycles. The number of methoxy groups -OCH3 is 1. The van der Waals surface area contributed by atoms with Crippen LogP contribution in [-0.2, 0) is 14.3 Å². The number of rotatable bonds is 4. The van der Waals surface area contributed by atoms with E-state index in [-0.39, 0.29) is 6.42 Å². The first-order valence-electron chi connectivity index (χ1n) is 3.41. The van der Waals surface area contributed by atoms with Crippen LogP contribution in [0.15, 0.2) is 0 Å². The second kappa shape index (κ2) is 5.03. The summed E-state index contributed by atoms with van der Waals surface area (Å²) < 4.78 is 41.8. The molecule has 13 heavy (non-hydrogen) atoms. The molecule has 0 rings (SSSR count). The number of carbonyl (C=O) groups is 1. The molecule has 0 radical (unpaired) electrons. The van der Waals surface area contributed by atoms with Gasteiger partial charge in [0.25, 0.3) is 0 Å². The lowest BCUT2D eigenvalue weighted by molar-refractivity contribution is -0.324. The lowest BCUT2D eigenvalue weighted by Crippen LogP contribution is -2.33. The summed E-state index contributed by atoms with van der Waals surface area (Å²) in [5.74, 6) is -0.759. The van der Waals surface area contributed by atoms with Gasteiger partial charge in [-0.2, -0.15) is 0 Å². The average molecular weight is 201 g/mol. The summed E-state index contributed by atoms with van der Waals surface area (Å²) in [7, 11) is 1.10. The van der Waals surface area contributed by atoms with Crippen LogP contribution in [0.25, 0.3) is 0 Å².